The van der Waals surface area contributed by atoms with E-state index in [9.17, 15) is 14.4 Å². The van der Waals surface area contributed by atoms with Crippen LogP contribution in [0.15, 0.2) is 78.9 Å². The minimum absolute atomic E-state index is 0.107. The van der Waals surface area contributed by atoms with Crippen molar-refractivity contribution in [3.8, 4) is 5.75 Å². The Kier molecular flexibility index (Phi) is 8.16. The summed E-state index contributed by atoms with van der Waals surface area (Å²) in [5, 5.41) is 0. The number of nitrogens with zero attached hydrogens (tertiary/aromatic N) is 2. The van der Waals surface area contributed by atoms with Crippen LogP contribution in [0.4, 0.5) is 5.69 Å². The summed E-state index contributed by atoms with van der Waals surface area (Å²) >= 11 is 0. The fraction of sp³-hybridized carbons (Fsp3) is 0.300. The molecule has 6 heteroatoms. The lowest BCUT2D eigenvalue weighted by Crippen LogP contribution is -2.41. The maximum Gasteiger partial charge on any atom is 0.314 e. The van der Waals surface area contributed by atoms with E-state index in [1.54, 1.807) is 36.2 Å². The van der Waals surface area contributed by atoms with Gasteiger partial charge in [0.25, 0.3) is 5.91 Å². The normalized spacial score (nSPS) is 13.8. The van der Waals surface area contributed by atoms with E-state index in [2.05, 4.69) is 0 Å². The third-order valence-electron chi connectivity index (χ3n) is 6.70. The smallest absolute Gasteiger partial charge is 0.314 e. The number of piperidine rings is 1. The van der Waals surface area contributed by atoms with Gasteiger partial charge in [-0.2, -0.15) is 0 Å². The van der Waals surface area contributed by atoms with Gasteiger partial charge < -0.3 is 14.5 Å². The van der Waals surface area contributed by atoms with E-state index in [-0.39, 0.29) is 23.7 Å². The third kappa shape index (κ3) is 6.39. The van der Waals surface area contributed by atoms with Crippen molar-refractivity contribution in [2.75, 3.05) is 25.0 Å². The summed E-state index contributed by atoms with van der Waals surface area (Å²) in [6.07, 6.45) is 2.40. The van der Waals surface area contributed by atoms with Crippen LogP contribution >= 0.6 is 0 Å². The number of benzene rings is 3. The number of amides is 2. The Labute approximate surface area is 212 Å². The molecule has 0 radical (unpaired) electrons. The second kappa shape index (κ2) is 11.7. The fourth-order valence-corrected chi connectivity index (χ4v) is 4.36. The molecule has 186 valence electrons. The van der Waals surface area contributed by atoms with Crippen LogP contribution in [0.2, 0.25) is 0 Å². The summed E-state index contributed by atoms with van der Waals surface area (Å²) < 4.78 is 5.60. The molecule has 1 saturated heterocycles. The van der Waals surface area contributed by atoms with E-state index in [1.807, 2.05) is 66.4 Å². The fourth-order valence-electron chi connectivity index (χ4n) is 4.36. The number of likely N-dealkylation sites (tertiary alicyclic amines) is 1. The molecule has 0 atom stereocenters. The Balaban J connectivity index is 1.24. The quantitative estimate of drug-likeness (QED) is 0.348. The molecule has 0 aromatic heterocycles. The number of carbonyl (C=O) groups excluding carboxylic acids is 3. The van der Waals surface area contributed by atoms with E-state index in [4.69, 9.17) is 4.74 Å². The molecule has 1 heterocycles. The maximum atomic E-state index is 12.7. The molecule has 0 N–H and O–H groups in total. The highest BCUT2D eigenvalue weighted by molar-refractivity contribution is 6.05. The molecular weight excluding hydrogens is 452 g/mol. The lowest BCUT2D eigenvalue weighted by atomic mass is 9.96. The molecule has 0 saturated carbocycles. The summed E-state index contributed by atoms with van der Waals surface area (Å²) in [7, 11) is 1.72. The number of anilines is 1. The van der Waals surface area contributed by atoms with Crippen LogP contribution in [0.5, 0.6) is 5.75 Å². The van der Waals surface area contributed by atoms with Crippen molar-refractivity contribution in [2.45, 2.75) is 32.6 Å². The van der Waals surface area contributed by atoms with Crippen LogP contribution < -0.4 is 9.64 Å². The Morgan fingerprint density at radius 3 is 2.17 bits per heavy atom. The van der Waals surface area contributed by atoms with Crippen LogP contribution in [0.25, 0.3) is 0 Å². The number of hydrogen-bond donors (Lipinski definition) is 0. The standard InChI is InChI=1S/C30H32N2O4/c1-22-8-11-24(12-9-22)29(34)31(2)26-13-15-27(16-14-26)36-30(35)25-18-20-32(21-19-25)28(33)17-10-23-6-4-3-5-7-23/h3-9,11-16,25H,10,17-21H2,1-2H3. The van der Waals surface area contributed by atoms with Crippen molar-refractivity contribution in [1.82, 2.24) is 4.90 Å². The Morgan fingerprint density at radius 2 is 1.53 bits per heavy atom. The van der Waals surface area contributed by atoms with Gasteiger partial charge in [0.1, 0.15) is 5.75 Å². The first-order valence-electron chi connectivity index (χ1n) is 12.4. The largest absolute Gasteiger partial charge is 0.426 e. The molecule has 3 aromatic rings. The highest BCUT2D eigenvalue weighted by Gasteiger charge is 2.28. The van der Waals surface area contributed by atoms with E-state index >= 15 is 0 Å². The van der Waals surface area contributed by atoms with Gasteiger partial charge in [-0.15, -0.1) is 0 Å². The second-order valence-corrected chi connectivity index (χ2v) is 9.29. The first-order valence-corrected chi connectivity index (χ1v) is 12.4. The van der Waals surface area contributed by atoms with E-state index in [0.29, 0.717) is 49.4 Å². The zero-order valence-corrected chi connectivity index (χ0v) is 20.9. The van der Waals surface area contributed by atoms with Gasteiger partial charge in [0.15, 0.2) is 0 Å². The lowest BCUT2D eigenvalue weighted by molar-refractivity contribution is -0.143. The van der Waals surface area contributed by atoms with Crippen molar-refractivity contribution in [3.05, 3.63) is 95.6 Å². The van der Waals surface area contributed by atoms with Crippen molar-refractivity contribution in [2.24, 2.45) is 5.92 Å². The molecule has 1 aliphatic rings. The summed E-state index contributed by atoms with van der Waals surface area (Å²) in [6.45, 7) is 3.12. The first kappa shape index (κ1) is 25.2. The third-order valence-corrected chi connectivity index (χ3v) is 6.70. The molecule has 6 nitrogen and oxygen atoms in total. The molecule has 3 aromatic carbocycles. The topological polar surface area (TPSA) is 66.9 Å². The predicted octanol–water partition coefficient (Wildman–Crippen LogP) is 5.05. The van der Waals surface area contributed by atoms with Crippen molar-refractivity contribution in [1.29, 1.82) is 0 Å². The van der Waals surface area contributed by atoms with Crippen LogP contribution in [0.1, 0.15) is 40.7 Å². The van der Waals surface area contributed by atoms with Gasteiger partial charge in [-0.1, -0.05) is 48.0 Å². The number of esters is 1. The van der Waals surface area contributed by atoms with Crippen LogP contribution in [0, 0.1) is 12.8 Å². The first-order chi connectivity index (χ1) is 17.4. The van der Waals surface area contributed by atoms with Gasteiger partial charge >= 0.3 is 5.97 Å². The molecule has 0 bridgehead atoms. The Morgan fingerprint density at radius 1 is 0.889 bits per heavy atom. The zero-order chi connectivity index (χ0) is 25.5. The van der Waals surface area contributed by atoms with Crippen LogP contribution in [0.3, 0.4) is 0 Å². The lowest BCUT2D eigenvalue weighted by Gasteiger charge is -2.31. The van der Waals surface area contributed by atoms with E-state index < -0.39 is 0 Å². The summed E-state index contributed by atoms with van der Waals surface area (Å²) in [4.78, 5) is 41.4. The summed E-state index contributed by atoms with van der Waals surface area (Å²) in [5.41, 5.74) is 3.58. The predicted molar refractivity (Wildman–Crippen MR) is 140 cm³/mol. The number of carbonyl (C=O) groups is 3. The molecule has 4 rings (SSSR count). The van der Waals surface area contributed by atoms with E-state index in [0.717, 1.165) is 17.5 Å². The monoisotopic (exact) mass is 484 g/mol. The average molecular weight is 485 g/mol. The van der Waals surface area contributed by atoms with Gasteiger partial charge in [-0.3, -0.25) is 14.4 Å². The summed E-state index contributed by atoms with van der Waals surface area (Å²) in [5.74, 6) is -0.0338. The number of hydrogen-bond acceptors (Lipinski definition) is 4. The molecule has 1 fully saturated rings. The highest BCUT2D eigenvalue weighted by Crippen LogP contribution is 2.24. The molecule has 0 spiro atoms. The SMILES string of the molecule is Cc1ccc(C(=O)N(C)c2ccc(OC(=O)C3CCN(C(=O)CCc4ccccc4)CC3)cc2)cc1. The Bertz CT molecular complexity index is 1180. The molecule has 0 aliphatic carbocycles. The van der Waals surface area contributed by atoms with Crippen molar-refractivity contribution >= 4 is 23.5 Å². The van der Waals surface area contributed by atoms with Crippen molar-refractivity contribution in [3.63, 3.8) is 0 Å². The van der Waals surface area contributed by atoms with Crippen molar-refractivity contribution < 1.29 is 19.1 Å². The van der Waals surface area contributed by atoms with Crippen LogP contribution in [-0.4, -0.2) is 42.8 Å². The number of rotatable bonds is 7. The molecule has 2 amide bonds. The minimum atomic E-state index is -0.275. The van der Waals surface area contributed by atoms with Gasteiger partial charge in [-0.25, -0.2) is 0 Å². The van der Waals surface area contributed by atoms with Crippen LogP contribution in [-0.2, 0) is 16.0 Å². The maximum absolute atomic E-state index is 12.7. The van der Waals surface area contributed by atoms with Gasteiger partial charge in [0, 0.05) is 37.8 Å². The molecule has 0 unspecified atom stereocenters. The van der Waals surface area contributed by atoms with Gasteiger partial charge in [-0.05, 0) is 68.1 Å². The molecule has 36 heavy (non-hydrogen) atoms. The molecule has 1 aliphatic heterocycles. The second-order valence-electron chi connectivity index (χ2n) is 9.29. The average Bonchev–Trinajstić information content (AvgIpc) is 2.92. The molecular formula is C30H32N2O4. The number of aryl methyl sites for hydroxylation is 2. The number of ether oxygens (including phenoxy) is 1. The van der Waals surface area contributed by atoms with Gasteiger partial charge in [0.2, 0.25) is 5.91 Å². The minimum Gasteiger partial charge on any atom is -0.426 e. The Hall–Kier alpha value is -3.93. The summed E-state index contributed by atoms with van der Waals surface area (Å²) in [6, 6.07) is 24.4. The van der Waals surface area contributed by atoms with E-state index in [1.165, 1.54) is 0 Å². The van der Waals surface area contributed by atoms with Gasteiger partial charge in [0.05, 0.1) is 5.92 Å². The highest BCUT2D eigenvalue weighted by atomic mass is 16.5. The zero-order valence-electron chi connectivity index (χ0n) is 20.9.